The Hall–Kier alpha value is -1.84. The highest BCUT2D eigenvalue weighted by molar-refractivity contribution is 5.76. The van der Waals surface area contributed by atoms with Crippen LogP contribution >= 0.6 is 0 Å². The number of oxazole rings is 1. The molecule has 0 aliphatic heterocycles. The molecule has 0 unspecified atom stereocenters. The number of aromatic nitrogens is 1. The van der Waals surface area contributed by atoms with E-state index in [-0.39, 0.29) is 7.40 Å². The fourth-order valence-corrected chi connectivity index (χ4v) is 1.07. The SMILES string of the molecule is CC(=O)Oc1ccc2ocnc2c1.[H+]. The summed E-state index contributed by atoms with van der Waals surface area (Å²) in [5.74, 6) is 0.136. The summed E-state index contributed by atoms with van der Waals surface area (Å²) in [7, 11) is 0. The van der Waals surface area contributed by atoms with Gasteiger partial charge in [-0.1, -0.05) is 0 Å². The molecule has 2 rings (SSSR count). The average Bonchev–Trinajstić information content (AvgIpc) is 2.49. The predicted octanol–water partition coefficient (Wildman–Crippen LogP) is 1.87. The molecule has 0 saturated carbocycles. The maximum Gasteiger partial charge on any atom is 1.00 e. The van der Waals surface area contributed by atoms with Crippen LogP contribution in [0.15, 0.2) is 29.0 Å². The highest BCUT2D eigenvalue weighted by atomic mass is 16.5. The van der Waals surface area contributed by atoms with E-state index in [0.717, 1.165) is 0 Å². The van der Waals surface area contributed by atoms with Crippen molar-refractivity contribution in [1.29, 1.82) is 0 Å². The third-order valence-electron chi connectivity index (χ3n) is 1.56. The van der Waals surface area contributed by atoms with E-state index in [1.54, 1.807) is 18.2 Å². The van der Waals surface area contributed by atoms with Crippen LogP contribution < -0.4 is 4.74 Å². The maximum atomic E-state index is 10.6. The lowest BCUT2D eigenvalue weighted by molar-refractivity contribution is -0.131. The number of carbonyl (C=O) groups is 1. The third kappa shape index (κ3) is 1.51. The average molecular weight is 178 g/mol. The zero-order valence-electron chi connectivity index (χ0n) is 7.98. The Morgan fingerprint density at radius 1 is 1.62 bits per heavy atom. The molecular weight excluding hydrogens is 170 g/mol. The van der Waals surface area contributed by atoms with E-state index < -0.39 is 0 Å². The normalized spacial score (nSPS) is 10.2. The lowest BCUT2D eigenvalue weighted by Crippen LogP contribution is -2.00. The molecule has 66 valence electrons. The first-order valence-electron chi connectivity index (χ1n) is 3.77. The zero-order chi connectivity index (χ0) is 9.26. The topological polar surface area (TPSA) is 52.3 Å². The number of fused-ring (bicyclic) bond motifs is 1. The Morgan fingerprint density at radius 3 is 3.23 bits per heavy atom. The Bertz CT molecular complexity index is 452. The fraction of sp³-hybridized carbons (Fsp3) is 0.111. The van der Waals surface area contributed by atoms with E-state index in [1.807, 2.05) is 0 Å². The summed E-state index contributed by atoms with van der Waals surface area (Å²) < 4.78 is 9.90. The highest BCUT2D eigenvalue weighted by Crippen LogP contribution is 2.19. The van der Waals surface area contributed by atoms with Crippen LogP contribution in [0.2, 0.25) is 0 Å². The van der Waals surface area contributed by atoms with Crippen LogP contribution in [0.5, 0.6) is 5.75 Å². The van der Waals surface area contributed by atoms with Gasteiger partial charge in [0.05, 0.1) is 0 Å². The molecule has 0 spiro atoms. The predicted molar refractivity (Wildman–Crippen MR) is 46.4 cm³/mol. The molecule has 2 aromatic rings. The molecule has 0 fully saturated rings. The van der Waals surface area contributed by atoms with E-state index in [1.165, 1.54) is 13.3 Å². The smallest absolute Gasteiger partial charge is 0.443 e. The number of rotatable bonds is 1. The van der Waals surface area contributed by atoms with Gasteiger partial charge in [0, 0.05) is 13.0 Å². The van der Waals surface area contributed by atoms with Crippen LogP contribution in [0.3, 0.4) is 0 Å². The number of ether oxygens (including phenoxy) is 1. The van der Waals surface area contributed by atoms with Crippen molar-refractivity contribution in [3.05, 3.63) is 24.6 Å². The van der Waals surface area contributed by atoms with E-state index >= 15 is 0 Å². The summed E-state index contributed by atoms with van der Waals surface area (Å²) in [5.41, 5.74) is 1.36. The van der Waals surface area contributed by atoms with E-state index in [0.29, 0.717) is 16.8 Å². The first-order chi connectivity index (χ1) is 6.25. The number of benzene rings is 1. The highest BCUT2D eigenvalue weighted by Gasteiger charge is 2.02. The van der Waals surface area contributed by atoms with Crippen molar-refractivity contribution in [3.8, 4) is 5.75 Å². The molecular formula is C9H8NO3+. The van der Waals surface area contributed by atoms with Gasteiger partial charge in [0.25, 0.3) is 0 Å². The van der Waals surface area contributed by atoms with Gasteiger partial charge in [-0.15, -0.1) is 0 Å². The quantitative estimate of drug-likeness (QED) is 0.494. The Kier molecular flexibility index (Phi) is 1.73. The standard InChI is InChI=1S/C9H7NO3/c1-6(11)13-7-2-3-9-8(4-7)10-5-12-9/h2-5H,1H3/p+1. The molecule has 0 aliphatic carbocycles. The summed E-state index contributed by atoms with van der Waals surface area (Å²) in [4.78, 5) is 14.6. The van der Waals surface area contributed by atoms with Gasteiger partial charge in [-0.3, -0.25) is 4.79 Å². The Balaban J connectivity index is 0.000000980. The van der Waals surface area contributed by atoms with Gasteiger partial charge in [0.15, 0.2) is 12.0 Å². The van der Waals surface area contributed by atoms with Gasteiger partial charge >= 0.3 is 7.40 Å². The van der Waals surface area contributed by atoms with Crippen molar-refractivity contribution in [3.63, 3.8) is 0 Å². The van der Waals surface area contributed by atoms with Gasteiger partial charge in [-0.25, -0.2) is 4.98 Å². The molecule has 1 heterocycles. The second kappa shape index (κ2) is 2.90. The number of hydrogen-bond donors (Lipinski definition) is 0. The van der Waals surface area contributed by atoms with Crippen molar-refractivity contribution in [2.75, 3.05) is 0 Å². The molecule has 0 aliphatic rings. The van der Waals surface area contributed by atoms with E-state index in [9.17, 15) is 4.79 Å². The Labute approximate surface area is 75.6 Å². The molecule has 0 bridgehead atoms. The van der Waals surface area contributed by atoms with Crippen molar-refractivity contribution in [2.45, 2.75) is 6.92 Å². The van der Waals surface area contributed by atoms with Crippen LogP contribution in [0.25, 0.3) is 11.1 Å². The van der Waals surface area contributed by atoms with E-state index in [4.69, 9.17) is 9.15 Å². The minimum Gasteiger partial charge on any atom is -0.443 e. The molecule has 0 atom stereocenters. The molecule has 13 heavy (non-hydrogen) atoms. The van der Waals surface area contributed by atoms with Gasteiger partial charge in [0.1, 0.15) is 11.3 Å². The molecule has 0 N–H and O–H groups in total. The van der Waals surface area contributed by atoms with Crippen molar-refractivity contribution in [1.82, 2.24) is 4.98 Å². The fourth-order valence-electron chi connectivity index (χ4n) is 1.07. The van der Waals surface area contributed by atoms with Gasteiger partial charge < -0.3 is 9.15 Å². The summed E-state index contributed by atoms with van der Waals surface area (Å²) in [5, 5.41) is 0. The number of carbonyl (C=O) groups excluding carboxylic acids is 1. The molecule has 0 saturated heterocycles. The lowest BCUT2D eigenvalue weighted by atomic mass is 10.3. The maximum absolute atomic E-state index is 10.6. The van der Waals surface area contributed by atoms with Gasteiger partial charge in [-0.2, -0.15) is 0 Å². The lowest BCUT2D eigenvalue weighted by Gasteiger charge is -1.98. The van der Waals surface area contributed by atoms with Crippen LogP contribution in [0, 0.1) is 0 Å². The summed E-state index contributed by atoms with van der Waals surface area (Å²) in [6.07, 6.45) is 1.35. The van der Waals surface area contributed by atoms with Crippen molar-refractivity contribution < 1.29 is 15.4 Å². The van der Waals surface area contributed by atoms with Crippen molar-refractivity contribution in [2.24, 2.45) is 0 Å². The zero-order valence-corrected chi connectivity index (χ0v) is 6.98. The molecule has 0 amide bonds. The molecule has 1 aromatic carbocycles. The number of esters is 1. The number of nitrogens with zero attached hydrogens (tertiary/aromatic N) is 1. The second-order valence-corrected chi connectivity index (χ2v) is 2.58. The van der Waals surface area contributed by atoms with Crippen molar-refractivity contribution >= 4 is 17.1 Å². The molecule has 4 nitrogen and oxygen atoms in total. The second-order valence-electron chi connectivity index (χ2n) is 2.58. The molecule has 0 radical (unpaired) electrons. The third-order valence-corrected chi connectivity index (χ3v) is 1.56. The largest absolute Gasteiger partial charge is 1.00 e. The molecule has 4 heteroatoms. The first kappa shape index (κ1) is 7.79. The summed E-state index contributed by atoms with van der Waals surface area (Å²) in [6.45, 7) is 1.35. The van der Waals surface area contributed by atoms with Gasteiger partial charge in [0.2, 0.25) is 0 Å². The number of hydrogen-bond acceptors (Lipinski definition) is 4. The monoisotopic (exact) mass is 178 g/mol. The van der Waals surface area contributed by atoms with E-state index in [2.05, 4.69) is 4.98 Å². The van der Waals surface area contributed by atoms with Crippen LogP contribution in [-0.2, 0) is 4.79 Å². The minimum atomic E-state index is -0.345. The Morgan fingerprint density at radius 2 is 2.46 bits per heavy atom. The summed E-state index contributed by atoms with van der Waals surface area (Å²) in [6, 6.07) is 5.02. The van der Waals surface area contributed by atoms with Crippen LogP contribution in [0.1, 0.15) is 8.35 Å². The first-order valence-corrected chi connectivity index (χ1v) is 3.77. The van der Waals surface area contributed by atoms with Crippen LogP contribution in [0.4, 0.5) is 0 Å². The van der Waals surface area contributed by atoms with Gasteiger partial charge in [-0.05, 0) is 12.1 Å². The van der Waals surface area contributed by atoms with Crippen LogP contribution in [-0.4, -0.2) is 11.0 Å². The molecule has 1 aromatic heterocycles. The minimum absolute atomic E-state index is 0. The summed E-state index contributed by atoms with van der Waals surface area (Å²) >= 11 is 0.